The summed E-state index contributed by atoms with van der Waals surface area (Å²) in [6, 6.07) is 3.50. The fourth-order valence-corrected chi connectivity index (χ4v) is 1.50. The van der Waals surface area contributed by atoms with E-state index < -0.39 is 0 Å². The highest BCUT2D eigenvalue weighted by atomic mass is 35.5. The van der Waals surface area contributed by atoms with Crippen molar-refractivity contribution in [1.82, 2.24) is 0 Å². The average Bonchev–Trinajstić information content (AvgIpc) is 2.22. The monoisotopic (exact) mass is 226 g/mol. The number of benzene rings is 1. The lowest BCUT2D eigenvalue weighted by Gasteiger charge is -2.10. The number of ketones is 1. The molecule has 0 unspecified atom stereocenters. The molecule has 0 heterocycles. The summed E-state index contributed by atoms with van der Waals surface area (Å²) in [5, 5.41) is 0.607. The molecule has 0 aromatic heterocycles. The molecule has 1 rings (SSSR count). The quantitative estimate of drug-likeness (QED) is 0.733. The molecule has 0 aliphatic rings. The van der Waals surface area contributed by atoms with Gasteiger partial charge in [-0.3, -0.25) is 4.79 Å². The van der Waals surface area contributed by atoms with Crippen molar-refractivity contribution in [2.45, 2.75) is 27.2 Å². The van der Waals surface area contributed by atoms with Crippen molar-refractivity contribution < 1.29 is 9.53 Å². The molecular weight excluding hydrogens is 212 g/mol. The van der Waals surface area contributed by atoms with Crippen LogP contribution in [0, 0.1) is 6.92 Å². The molecule has 0 radical (unpaired) electrons. The maximum atomic E-state index is 11.6. The zero-order valence-corrected chi connectivity index (χ0v) is 10.0. The number of rotatable bonds is 4. The van der Waals surface area contributed by atoms with Crippen LogP contribution in [0.25, 0.3) is 0 Å². The van der Waals surface area contributed by atoms with E-state index in [4.69, 9.17) is 16.3 Å². The average molecular weight is 227 g/mol. The molecule has 0 atom stereocenters. The van der Waals surface area contributed by atoms with Crippen molar-refractivity contribution >= 4 is 17.4 Å². The first-order valence-electron chi connectivity index (χ1n) is 5.06. The zero-order valence-electron chi connectivity index (χ0n) is 9.26. The second kappa shape index (κ2) is 5.17. The molecule has 82 valence electrons. The Kier molecular flexibility index (Phi) is 4.15. The second-order valence-electron chi connectivity index (χ2n) is 3.31. The van der Waals surface area contributed by atoms with E-state index in [0.717, 1.165) is 5.56 Å². The molecule has 1 aromatic carbocycles. The summed E-state index contributed by atoms with van der Waals surface area (Å²) < 4.78 is 5.42. The van der Waals surface area contributed by atoms with Gasteiger partial charge in [0.2, 0.25) is 0 Å². The summed E-state index contributed by atoms with van der Waals surface area (Å²) in [7, 11) is 0. The van der Waals surface area contributed by atoms with Crippen LogP contribution in [-0.4, -0.2) is 12.4 Å². The number of carbonyl (C=O) groups is 1. The van der Waals surface area contributed by atoms with Crippen LogP contribution in [0.3, 0.4) is 0 Å². The third-order valence-electron chi connectivity index (χ3n) is 2.18. The Hall–Kier alpha value is -1.02. The van der Waals surface area contributed by atoms with Crippen LogP contribution in [0.5, 0.6) is 5.75 Å². The lowest BCUT2D eigenvalue weighted by molar-refractivity contribution is 0.0984. The van der Waals surface area contributed by atoms with Gasteiger partial charge in [0.25, 0.3) is 0 Å². The molecule has 0 saturated carbocycles. The van der Waals surface area contributed by atoms with Crippen molar-refractivity contribution in [2.24, 2.45) is 0 Å². The van der Waals surface area contributed by atoms with Crippen LogP contribution in [0.15, 0.2) is 12.1 Å². The Morgan fingerprint density at radius 3 is 2.60 bits per heavy atom. The Morgan fingerprint density at radius 2 is 2.07 bits per heavy atom. The van der Waals surface area contributed by atoms with Crippen LogP contribution in [-0.2, 0) is 0 Å². The highest BCUT2D eigenvalue weighted by Gasteiger charge is 2.13. The topological polar surface area (TPSA) is 26.3 Å². The number of hydrogen-bond acceptors (Lipinski definition) is 2. The molecule has 0 amide bonds. The lowest BCUT2D eigenvalue weighted by atomic mass is 10.1. The molecule has 1 aromatic rings. The molecular formula is C12H15ClO2. The Bertz CT molecular complexity index is 372. The standard InChI is InChI=1S/C12H15ClO2/c1-4-11(14)9-7-10(13)8(3)6-12(9)15-5-2/h6-7H,4-5H2,1-3H3. The van der Waals surface area contributed by atoms with E-state index in [1.807, 2.05) is 26.8 Å². The van der Waals surface area contributed by atoms with E-state index in [1.54, 1.807) is 6.07 Å². The van der Waals surface area contributed by atoms with Gasteiger partial charge in [-0.1, -0.05) is 18.5 Å². The lowest BCUT2D eigenvalue weighted by Crippen LogP contribution is -2.03. The SMILES string of the molecule is CCOc1cc(C)c(Cl)cc1C(=O)CC. The van der Waals surface area contributed by atoms with E-state index in [9.17, 15) is 4.79 Å². The van der Waals surface area contributed by atoms with E-state index in [0.29, 0.717) is 29.4 Å². The predicted octanol–water partition coefficient (Wildman–Crippen LogP) is 3.64. The van der Waals surface area contributed by atoms with Crippen LogP contribution in [0.2, 0.25) is 5.02 Å². The summed E-state index contributed by atoms with van der Waals surface area (Å²) in [5.74, 6) is 0.687. The minimum absolute atomic E-state index is 0.0559. The maximum Gasteiger partial charge on any atom is 0.166 e. The minimum Gasteiger partial charge on any atom is -0.493 e. The van der Waals surface area contributed by atoms with Gasteiger partial charge >= 0.3 is 0 Å². The third-order valence-corrected chi connectivity index (χ3v) is 2.59. The molecule has 15 heavy (non-hydrogen) atoms. The smallest absolute Gasteiger partial charge is 0.166 e. The number of hydrogen-bond donors (Lipinski definition) is 0. The number of halogens is 1. The third kappa shape index (κ3) is 2.72. The predicted molar refractivity (Wildman–Crippen MR) is 62.0 cm³/mol. The van der Waals surface area contributed by atoms with Gasteiger partial charge in [-0.05, 0) is 31.5 Å². The molecule has 2 nitrogen and oxygen atoms in total. The number of carbonyl (C=O) groups excluding carboxylic acids is 1. The number of ether oxygens (including phenoxy) is 1. The van der Waals surface area contributed by atoms with Gasteiger partial charge in [0, 0.05) is 11.4 Å². The Morgan fingerprint density at radius 1 is 1.40 bits per heavy atom. The van der Waals surface area contributed by atoms with E-state index in [-0.39, 0.29) is 5.78 Å². The molecule has 0 N–H and O–H groups in total. The molecule has 0 spiro atoms. The van der Waals surface area contributed by atoms with Gasteiger partial charge in [0.05, 0.1) is 12.2 Å². The van der Waals surface area contributed by atoms with Crippen molar-refractivity contribution in [3.8, 4) is 5.75 Å². The highest BCUT2D eigenvalue weighted by molar-refractivity contribution is 6.31. The van der Waals surface area contributed by atoms with Crippen molar-refractivity contribution in [2.75, 3.05) is 6.61 Å². The maximum absolute atomic E-state index is 11.6. The normalized spacial score (nSPS) is 10.1. The molecule has 0 fully saturated rings. The largest absolute Gasteiger partial charge is 0.493 e. The van der Waals surface area contributed by atoms with Crippen LogP contribution >= 0.6 is 11.6 Å². The van der Waals surface area contributed by atoms with Gasteiger partial charge in [-0.2, -0.15) is 0 Å². The Balaban J connectivity index is 3.21. The number of aryl methyl sites for hydroxylation is 1. The summed E-state index contributed by atoms with van der Waals surface area (Å²) >= 11 is 5.98. The fraction of sp³-hybridized carbons (Fsp3) is 0.417. The summed E-state index contributed by atoms with van der Waals surface area (Å²) in [6.45, 7) is 6.16. The first kappa shape index (κ1) is 12.1. The van der Waals surface area contributed by atoms with Gasteiger partial charge in [0.15, 0.2) is 5.78 Å². The highest BCUT2D eigenvalue weighted by Crippen LogP contribution is 2.27. The Labute approximate surface area is 95.2 Å². The van der Waals surface area contributed by atoms with E-state index >= 15 is 0 Å². The van der Waals surface area contributed by atoms with E-state index in [1.165, 1.54) is 0 Å². The van der Waals surface area contributed by atoms with Crippen molar-refractivity contribution in [3.63, 3.8) is 0 Å². The van der Waals surface area contributed by atoms with Gasteiger partial charge in [-0.25, -0.2) is 0 Å². The summed E-state index contributed by atoms with van der Waals surface area (Å²) in [5.41, 5.74) is 1.50. The first-order chi connectivity index (χ1) is 7.10. The second-order valence-corrected chi connectivity index (χ2v) is 3.71. The van der Waals surface area contributed by atoms with E-state index in [2.05, 4.69) is 0 Å². The fourth-order valence-electron chi connectivity index (χ4n) is 1.34. The van der Waals surface area contributed by atoms with Crippen LogP contribution in [0.1, 0.15) is 36.2 Å². The van der Waals surface area contributed by atoms with Gasteiger partial charge in [-0.15, -0.1) is 0 Å². The zero-order chi connectivity index (χ0) is 11.4. The van der Waals surface area contributed by atoms with Crippen molar-refractivity contribution in [1.29, 1.82) is 0 Å². The van der Waals surface area contributed by atoms with Crippen LogP contribution < -0.4 is 4.74 Å². The molecule has 0 saturated heterocycles. The molecule has 0 aliphatic carbocycles. The molecule has 0 bridgehead atoms. The molecule has 0 aliphatic heterocycles. The van der Waals surface area contributed by atoms with Gasteiger partial charge < -0.3 is 4.74 Å². The van der Waals surface area contributed by atoms with Crippen LogP contribution in [0.4, 0.5) is 0 Å². The molecule has 3 heteroatoms. The van der Waals surface area contributed by atoms with Crippen molar-refractivity contribution in [3.05, 3.63) is 28.3 Å². The first-order valence-corrected chi connectivity index (χ1v) is 5.44. The number of Topliss-reactive ketones (excluding diaryl/α,β-unsaturated/α-hetero) is 1. The summed E-state index contributed by atoms with van der Waals surface area (Å²) in [4.78, 5) is 11.6. The minimum atomic E-state index is 0.0559. The summed E-state index contributed by atoms with van der Waals surface area (Å²) in [6.07, 6.45) is 0.458. The van der Waals surface area contributed by atoms with Gasteiger partial charge in [0.1, 0.15) is 5.75 Å².